The fourth-order valence-corrected chi connectivity index (χ4v) is 1.91. The lowest BCUT2D eigenvalue weighted by atomic mass is 10.0. The van der Waals surface area contributed by atoms with Crippen LogP contribution in [0.3, 0.4) is 0 Å². The summed E-state index contributed by atoms with van der Waals surface area (Å²) in [6.45, 7) is 3.01. The molecule has 0 heterocycles. The molecular weight excluding hydrogens is 280 g/mol. The SMILES string of the molecule is C#CC(=O)N(c1ccc(OC)c(Cl)c1)C(C)(C)C(N)=O. The van der Waals surface area contributed by atoms with Crippen LogP contribution in [0.15, 0.2) is 18.2 Å². The Labute approximate surface area is 122 Å². The number of benzene rings is 1. The number of anilines is 1. The number of hydrogen-bond donors (Lipinski definition) is 1. The number of rotatable bonds is 4. The topological polar surface area (TPSA) is 72.6 Å². The predicted octanol–water partition coefficient (Wildman–Crippen LogP) is 1.58. The standard InChI is InChI=1S/C14H15ClN2O3/c1-5-12(18)17(14(2,3)13(16)19)9-6-7-11(20-4)10(15)8-9/h1,6-8H,2-4H3,(H2,16,19). The van der Waals surface area contributed by atoms with Gasteiger partial charge < -0.3 is 10.5 Å². The van der Waals surface area contributed by atoms with E-state index < -0.39 is 17.4 Å². The van der Waals surface area contributed by atoms with Crippen molar-refractivity contribution in [2.75, 3.05) is 12.0 Å². The van der Waals surface area contributed by atoms with Gasteiger partial charge in [-0.15, -0.1) is 6.42 Å². The van der Waals surface area contributed by atoms with Crippen molar-refractivity contribution in [3.63, 3.8) is 0 Å². The van der Waals surface area contributed by atoms with Crippen molar-refractivity contribution in [3.8, 4) is 18.1 Å². The molecule has 106 valence electrons. The summed E-state index contributed by atoms with van der Waals surface area (Å²) in [5, 5.41) is 0.292. The Balaban J connectivity index is 3.40. The number of terminal acetylenes is 1. The van der Waals surface area contributed by atoms with Crippen LogP contribution in [0.1, 0.15) is 13.8 Å². The monoisotopic (exact) mass is 294 g/mol. The normalized spacial score (nSPS) is 10.6. The van der Waals surface area contributed by atoms with Gasteiger partial charge in [-0.3, -0.25) is 14.5 Å². The van der Waals surface area contributed by atoms with Crippen molar-refractivity contribution in [2.24, 2.45) is 5.73 Å². The molecule has 2 amide bonds. The highest BCUT2D eigenvalue weighted by Gasteiger charge is 2.37. The van der Waals surface area contributed by atoms with Gasteiger partial charge in [0.15, 0.2) is 0 Å². The minimum atomic E-state index is -1.29. The van der Waals surface area contributed by atoms with Gasteiger partial charge in [0.1, 0.15) is 11.3 Å². The molecule has 0 aliphatic heterocycles. The molecule has 2 N–H and O–H groups in total. The molecule has 0 aromatic heterocycles. The number of methoxy groups -OCH3 is 1. The lowest BCUT2D eigenvalue weighted by molar-refractivity contribution is -0.125. The van der Waals surface area contributed by atoms with Crippen LogP contribution in [0, 0.1) is 12.3 Å². The molecule has 1 aromatic carbocycles. The van der Waals surface area contributed by atoms with Gasteiger partial charge in [0, 0.05) is 5.69 Å². The Bertz CT molecular complexity index is 591. The van der Waals surface area contributed by atoms with Gasteiger partial charge in [-0.25, -0.2) is 0 Å². The maximum atomic E-state index is 11.9. The number of nitrogens with two attached hydrogens (primary N) is 1. The second-order valence-corrected chi connectivity index (χ2v) is 4.93. The van der Waals surface area contributed by atoms with E-state index in [9.17, 15) is 9.59 Å². The number of carbonyl (C=O) groups excluding carboxylic acids is 2. The van der Waals surface area contributed by atoms with Crippen LogP contribution in [-0.4, -0.2) is 24.5 Å². The van der Waals surface area contributed by atoms with Crippen molar-refractivity contribution in [3.05, 3.63) is 23.2 Å². The number of primary amides is 1. The second-order valence-electron chi connectivity index (χ2n) is 4.53. The third kappa shape index (κ3) is 2.86. The Morgan fingerprint density at radius 3 is 2.45 bits per heavy atom. The van der Waals surface area contributed by atoms with Crippen molar-refractivity contribution in [1.82, 2.24) is 0 Å². The van der Waals surface area contributed by atoms with Crippen molar-refractivity contribution in [2.45, 2.75) is 19.4 Å². The Morgan fingerprint density at radius 2 is 2.05 bits per heavy atom. The molecule has 5 nitrogen and oxygen atoms in total. The summed E-state index contributed by atoms with van der Waals surface area (Å²) in [6.07, 6.45) is 5.15. The van der Waals surface area contributed by atoms with E-state index in [0.717, 1.165) is 4.90 Å². The zero-order valence-corrected chi connectivity index (χ0v) is 12.2. The van der Waals surface area contributed by atoms with Gasteiger partial charge in [-0.2, -0.15) is 0 Å². The van der Waals surface area contributed by atoms with Crippen molar-refractivity contribution < 1.29 is 14.3 Å². The van der Waals surface area contributed by atoms with Crippen LogP contribution >= 0.6 is 11.6 Å². The molecule has 1 rings (SSSR count). The molecule has 20 heavy (non-hydrogen) atoms. The minimum absolute atomic E-state index is 0.292. The van der Waals surface area contributed by atoms with E-state index >= 15 is 0 Å². The molecule has 0 saturated heterocycles. The summed E-state index contributed by atoms with van der Waals surface area (Å²) < 4.78 is 5.03. The van der Waals surface area contributed by atoms with E-state index in [-0.39, 0.29) is 0 Å². The first-order chi connectivity index (χ1) is 9.25. The highest BCUT2D eigenvalue weighted by molar-refractivity contribution is 6.32. The maximum absolute atomic E-state index is 11.9. The first-order valence-corrected chi connectivity index (χ1v) is 6.07. The molecule has 6 heteroatoms. The van der Waals surface area contributed by atoms with Gasteiger partial charge >= 0.3 is 5.91 Å². The lowest BCUT2D eigenvalue weighted by Crippen LogP contribution is -2.56. The highest BCUT2D eigenvalue weighted by atomic mass is 35.5. The third-order valence-electron chi connectivity index (χ3n) is 2.88. The van der Waals surface area contributed by atoms with Crippen molar-refractivity contribution in [1.29, 1.82) is 0 Å². The zero-order chi connectivity index (χ0) is 15.5. The number of amides is 2. The first kappa shape index (κ1) is 15.9. The molecule has 0 spiro atoms. The minimum Gasteiger partial charge on any atom is -0.495 e. The molecule has 0 saturated carbocycles. The van der Waals surface area contributed by atoms with E-state index in [4.69, 9.17) is 28.5 Å². The number of hydrogen-bond acceptors (Lipinski definition) is 3. The van der Waals surface area contributed by atoms with E-state index in [2.05, 4.69) is 0 Å². The van der Waals surface area contributed by atoms with Crippen LogP contribution in [-0.2, 0) is 9.59 Å². The predicted molar refractivity (Wildman–Crippen MR) is 77.6 cm³/mol. The largest absolute Gasteiger partial charge is 0.495 e. The van der Waals surface area contributed by atoms with Gasteiger partial charge in [-0.1, -0.05) is 11.6 Å². The summed E-state index contributed by atoms with van der Waals surface area (Å²) >= 11 is 6.02. The number of carbonyl (C=O) groups is 2. The van der Waals surface area contributed by atoms with Gasteiger partial charge in [0.05, 0.1) is 12.1 Å². The number of ether oxygens (including phenoxy) is 1. The van der Waals surface area contributed by atoms with E-state index in [1.807, 2.05) is 5.92 Å². The van der Waals surface area contributed by atoms with Crippen LogP contribution in [0.25, 0.3) is 0 Å². The van der Waals surface area contributed by atoms with Gasteiger partial charge in [0.25, 0.3) is 0 Å². The fraction of sp³-hybridized carbons (Fsp3) is 0.286. The summed E-state index contributed by atoms with van der Waals surface area (Å²) in [5.41, 5.74) is 4.41. The molecule has 0 radical (unpaired) electrons. The quantitative estimate of drug-likeness (QED) is 0.857. The Morgan fingerprint density at radius 1 is 1.45 bits per heavy atom. The number of nitrogens with zero attached hydrogens (tertiary/aromatic N) is 1. The third-order valence-corrected chi connectivity index (χ3v) is 3.18. The highest BCUT2D eigenvalue weighted by Crippen LogP contribution is 2.32. The summed E-state index contributed by atoms with van der Waals surface area (Å²) in [6, 6.07) is 4.64. The average Bonchev–Trinajstić information content (AvgIpc) is 2.38. The lowest BCUT2D eigenvalue weighted by Gasteiger charge is -2.34. The summed E-state index contributed by atoms with van der Waals surface area (Å²) in [5.74, 6) is 1.05. The maximum Gasteiger partial charge on any atom is 0.303 e. The van der Waals surface area contributed by atoms with Crippen LogP contribution in [0.5, 0.6) is 5.75 Å². The van der Waals surface area contributed by atoms with E-state index in [1.54, 1.807) is 12.1 Å². The number of halogens is 1. The summed E-state index contributed by atoms with van der Waals surface area (Å²) in [4.78, 5) is 24.6. The van der Waals surface area contributed by atoms with Gasteiger partial charge in [0.2, 0.25) is 5.91 Å². The van der Waals surface area contributed by atoms with Crippen molar-refractivity contribution >= 4 is 29.1 Å². The molecule has 0 aliphatic rings. The average molecular weight is 295 g/mol. The molecule has 1 aromatic rings. The second kappa shape index (κ2) is 5.85. The van der Waals surface area contributed by atoms with Gasteiger partial charge in [-0.05, 0) is 38.0 Å². The van der Waals surface area contributed by atoms with Crippen LogP contribution in [0.2, 0.25) is 5.02 Å². The van der Waals surface area contributed by atoms with Crippen LogP contribution in [0.4, 0.5) is 5.69 Å². The Kier molecular flexibility index (Phi) is 4.64. The molecule has 0 bridgehead atoms. The smallest absolute Gasteiger partial charge is 0.303 e. The first-order valence-electron chi connectivity index (χ1n) is 5.70. The Hall–Kier alpha value is -2.19. The molecule has 0 aliphatic carbocycles. The molecule has 0 fully saturated rings. The van der Waals surface area contributed by atoms with E-state index in [1.165, 1.54) is 27.0 Å². The zero-order valence-electron chi connectivity index (χ0n) is 11.4. The summed E-state index contributed by atoms with van der Waals surface area (Å²) in [7, 11) is 1.47. The molecular formula is C14H15ClN2O3. The molecule has 0 unspecified atom stereocenters. The molecule has 0 atom stereocenters. The van der Waals surface area contributed by atoms with E-state index in [0.29, 0.717) is 16.5 Å². The fourth-order valence-electron chi connectivity index (χ4n) is 1.66. The van der Waals surface area contributed by atoms with Crippen LogP contribution < -0.4 is 15.4 Å².